The Labute approximate surface area is 143 Å². The molecule has 7 heteroatoms. The summed E-state index contributed by atoms with van der Waals surface area (Å²) in [7, 11) is 1.66. The quantitative estimate of drug-likeness (QED) is 0.784. The first-order chi connectivity index (χ1) is 11.5. The van der Waals surface area contributed by atoms with Crippen LogP contribution in [0, 0.1) is 5.41 Å². The number of piperidine rings is 1. The number of amides is 1. The zero-order valence-electron chi connectivity index (χ0n) is 15.0. The standard InChI is InChI=1S/C17H28N4O3/c1-13(2)21-8-4-6-17(16(21)22)7-9-20(12-17)11-15-18-14(19-24-15)5-10-23-3/h13H,4-12H2,1-3H3/t17-/m0/s1. The summed E-state index contributed by atoms with van der Waals surface area (Å²) in [5.74, 6) is 1.64. The summed E-state index contributed by atoms with van der Waals surface area (Å²) in [6.07, 6.45) is 3.68. The molecule has 24 heavy (non-hydrogen) atoms. The van der Waals surface area contributed by atoms with Crippen molar-refractivity contribution in [2.24, 2.45) is 5.41 Å². The van der Waals surface area contributed by atoms with Crippen LogP contribution < -0.4 is 0 Å². The molecule has 3 heterocycles. The third-order valence-corrected chi connectivity index (χ3v) is 5.22. The van der Waals surface area contributed by atoms with Crippen LogP contribution in [-0.4, -0.2) is 65.2 Å². The molecule has 7 nitrogen and oxygen atoms in total. The number of likely N-dealkylation sites (tertiary alicyclic amines) is 2. The van der Waals surface area contributed by atoms with Gasteiger partial charge in [0.05, 0.1) is 18.6 Å². The fourth-order valence-corrected chi connectivity index (χ4v) is 3.91. The highest BCUT2D eigenvalue weighted by Crippen LogP contribution is 2.40. The van der Waals surface area contributed by atoms with E-state index in [4.69, 9.17) is 9.26 Å². The molecule has 0 aliphatic carbocycles. The maximum atomic E-state index is 12.9. The van der Waals surface area contributed by atoms with Gasteiger partial charge in [-0.05, 0) is 39.7 Å². The fraction of sp³-hybridized carbons (Fsp3) is 0.824. The zero-order valence-corrected chi connectivity index (χ0v) is 15.0. The number of carbonyl (C=O) groups is 1. The Balaban J connectivity index is 1.60. The minimum Gasteiger partial charge on any atom is -0.384 e. The van der Waals surface area contributed by atoms with Crippen LogP contribution in [0.1, 0.15) is 44.8 Å². The Hall–Kier alpha value is -1.47. The van der Waals surface area contributed by atoms with E-state index >= 15 is 0 Å². The molecule has 0 N–H and O–H groups in total. The molecule has 1 aromatic rings. The molecule has 3 rings (SSSR count). The number of carbonyl (C=O) groups excluding carboxylic acids is 1. The molecule has 0 bridgehead atoms. The summed E-state index contributed by atoms with van der Waals surface area (Å²) in [6.45, 7) is 8.01. The van der Waals surface area contributed by atoms with Gasteiger partial charge in [0.25, 0.3) is 0 Å². The molecule has 2 saturated heterocycles. The number of ether oxygens (including phenoxy) is 1. The van der Waals surface area contributed by atoms with Crippen LogP contribution in [0.15, 0.2) is 4.52 Å². The number of aromatic nitrogens is 2. The van der Waals surface area contributed by atoms with Gasteiger partial charge in [0.15, 0.2) is 5.82 Å². The second-order valence-corrected chi connectivity index (χ2v) is 7.28. The Morgan fingerprint density at radius 1 is 1.33 bits per heavy atom. The molecule has 0 radical (unpaired) electrons. The number of hydrogen-bond acceptors (Lipinski definition) is 6. The highest BCUT2D eigenvalue weighted by molar-refractivity contribution is 5.84. The van der Waals surface area contributed by atoms with Crippen molar-refractivity contribution in [2.75, 3.05) is 33.4 Å². The van der Waals surface area contributed by atoms with E-state index in [9.17, 15) is 4.79 Å². The first-order valence-electron chi connectivity index (χ1n) is 8.88. The van der Waals surface area contributed by atoms with E-state index in [1.807, 2.05) is 4.90 Å². The lowest BCUT2D eigenvalue weighted by Crippen LogP contribution is -2.52. The largest absolute Gasteiger partial charge is 0.384 e. The van der Waals surface area contributed by atoms with Gasteiger partial charge in [0.2, 0.25) is 11.8 Å². The van der Waals surface area contributed by atoms with Gasteiger partial charge in [0, 0.05) is 32.7 Å². The normalized spacial score (nSPS) is 25.3. The van der Waals surface area contributed by atoms with E-state index in [1.165, 1.54) is 0 Å². The van der Waals surface area contributed by atoms with Crippen LogP contribution in [-0.2, 0) is 22.5 Å². The molecule has 1 spiro atoms. The van der Waals surface area contributed by atoms with Crippen LogP contribution in [0.5, 0.6) is 0 Å². The van der Waals surface area contributed by atoms with Crippen molar-refractivity contribution >= 4 is 5.91 Å². The topological polar surface area (TPSA) is 71.7 Å². The maximum Gasteiger partial charge on any atom is 0.240 e. The minimum atomic E-state index is -0.207. The molecular weight excluding hydrogens is 308 g/mol. The Kier molecular flexibility index (Phi) is 5.20. The average Bonchev–Trinajstić information content (AvgIpc) is 3.16. The summed E-state index contributed by atoms with van der Waals surface area (Å²) in [4.78, 5) is 21.7. The van der Waals surface area contributed by atoms with E-state index in [1.54, 1.807) is 7.11 Å². The first kappa shape index (κ1) is 17.4. The highest BCUT2D eigenvalue weighted by Gasteiger charge is 2.48. The molecule has 134 valence electrons. The monoisotopic (exact) mass is 336 g/mol. The van der Waals surface area contributed by atoms with Crippen LogP contribution in [0.4, 0.5) is 0 Å². The van der Waals surface area contributed by atoms with Crippen molar-refractivity contribution in [1.82, 2.24) is 19.9 Å². The molecule has 0 unspecified atom stereocenters. The number of hydrogen-bond donors (Lipinski definition) is 0. The fourth-order valence-electron chi connectivity index (χ4n) is 3.91. The van der Waals surface area contributed by atoms with E-state index in [0.717, 1.165) is 38.9 Å². The van der Waals surface area contributed by atoms with Gasteiger partial charge < -0.3 is 14.2 Å². The molecular formula is C17H28N4O3. The first-order valence-corrected chi connectivity index (χ1v) is 8.88. The van der Waals surface area contributed by atoms with Crippen molar-refractivity contribution in [3.63, 3.8) is 0 Å². The van der Waals surface area contributed by atoms with Gasteiger partial charge in [-0.25, -0.2) is 0 Å². The SMILES string of the molecule is COCCc1noc(CN2CC[C@@]3(CCCN(C(C)C)C3=O)C2)n1. The molecule has 1 atom stereocenters. The average molecular weight is 336 g/mol. The third kappa shape index (κ3) is 3.47. The summed E-state index contributed by atoms with van der Waals surface area (Å²) in [5.41, 5.74) is -0.207. The van der Waals surface area contributed by atoms with Gasteiger partial charge in [-0.15, -0.1) is 0 Å². The van der Waals surface area contributed by atoms with E-state index in [2.05, 4.69) is 28.9 Å². The number of methoxy groups -OCH3 is 1. The summed E-state index contributed by atoms with van der Waals surface area (Å²) in [6, 6.07) is 0.281. The lowest BCUT2D eigenvalue weighted by Gasteiger charge is -2.41. The second-order valence-electron chi connectivity index (χ2n) is 7.28. The van der Waals surface area contributed by atoms with Crippen molar-refractivity contribution < 1.29 is 14.1 Å². The molecule has 1 amide bonds. The predicted molar refractivity (Wildman–Crippen MR) is 88.3 cm³/mol. The van der Waals surface area contributed by atoms with Crippen molar-refractivity contribution in [1.29, 1.82) is 0 Å². The minimum absolute atomic E-state index is 0.207. The summed E-state index contributed by atoms with van der Waals surface area (Å²) < 4.78 is 10.4. The van der Waals surface area contributed by atoms with E-state index < -0.39 is 0 Å². The summed E-state index contributed by atoms with van der Waals surface area (Å²) >= 11 is 0. The second kappa shape index (κ2) is 7.19. The van der Waals surface area contributed by atoms with Gasteiger partial charge in [-0.1, -0.05) is 5.16 Å². The van der Waals surface area contributed by atoms with Crippen molar-refractivity contribution in [2.45, 2.75) is 52.1 Å². The third-order valence-electron chi connectivity index (χ3n) is 5.22. The summed E-state index contributed by atoms with van der Waals surface area (Å²) in [5, 5.41) is 3.98. The molecule has 0 aromatic carbocycles. The molecule has 0 saturated carbocycles. The van der Waals surface area contributed by atoms with Gasteiger partial charge in [-0.2, -0.15) is 4.98 Å². The van der Waals surface area contributed by atoms with Crippen molar-refractivity contribution in [3.05, 3.63) is 11.7 Å². The van der Waals surface area contributed by atoms with Crippen LogP contribution in [0.3, 0.4) is 0 Å². The van der Waals surface area contributed by atoms with Crippen molar-refractivity contribution in [3.8, 4) is 0 Å². The van der Waals surface area contributed by atoms with Gasteiger partial charge in [-0.3, -0.25) is 9.69 Å². The lowest BCUT2D eigenvalue weighted by molar-refractivity contribution is -0.147. The van der Waals surface area contributed by atoms with Gasteiger partial charge >= 0.3 is 0 Å². The Morgan fingerprint density at radius 2 is 2.17 bits per heavy atom. The Morgan fingerprint density at radius 3 is 2.92 bits per heavy atom. The molecule has 2 aliphatic rings. The highest BCUT2D eigenvalue weighted by atomic mass is 16.5. The zero-order chi connectivity index (χ0) is 17.2. The van der Waals surface area contributed by atoms with Crippen LogP contribution in [0.25, 0.3) is 0 Å². The molecule has 2 fully saturated rings. The number of rotatable bonds is 6. The maximum absolute atomic E-state index is 12.9. The Bertz CT molecular complexity index is 574. The smallest absolute Gasteiger partial charge is 0.240 e. The van der Waals surface area contributed by atoms with E-state index in [-0.39, 0.29) is 11.5 Å². The predicted octanol–water partition coefficient (Wildman–Crippen LogP) is 1.48. The lowest BCUT2D eigenvalue weighted by atomic mass is 9.78. The molecule has 2 aliphatic heterocycles. The van der Waals surface area contributed by atoms with Crippen LogP contribution >= 0.6 is 0 Å². The van der Waals surface area contributed by atoms with Gasteiger partial charge in [0.1, 0.15) is 0 Å². The van der Waals surface area contributed by atoms with E-state index in [0.29, 0.717) is 37.2 Å². The van der Waals surface area contributed by atoms with Crippen LogP contribution in [0.2, 0.25) is 0 Å². The molecule has 1 aromatic heterocycles. The number of nitrogens with zero attached hydrogens (tertiary/aromatic N) is 4.